The van der Waals surface area contributed by atoms with Crippen LogP contribution in [0.25, 0.3) is 0 Å². The molecule has 3 rings (SSSR count). The molecule has 7 nitrogen and oxygen atoms in total. The Balaban J connectivity index is 0.00000300. The van der Waals surface area contributed by atoms with E-state index in [1.807, 2.05) is 17.8 Å². The number of aliphatic hydroxyl groups is 1. The van der Waals surface area contributed by atoms with Gasteiger partial charge in [-0.3, -0.25) is 9.58 Å². The number of aryl methyl sites for hydroxylation is 1. The summed E-state index contributed by atoms with van der Waals surface area (Å²) in [5, 5.41) is 20.5. The third-order valence-corrected chi connectivity index (χ3v) is 5.11. The van der Waals surface area contributed by atoms with Crippen molar-refractivity contribution < 1.29 is 5.11 Å². The number of guanidine groups is 1. The topological polar surface area (TPSA) is 77.7 Å². The van der Waals surface area contributed by atoms with Gasteiger partial charge in [-0.2, -0.15) is 5.10 Å². The summed E-state index contributed by atoms with van der Waals surface area (Å²) in [6.45, 7) is 7.10. The van der Waals surface area contributed by atoms with E-state index in [2.05, 4.69) is 51.8 Å². The van der Waals surface area contributed by atoms with Gasteiger partial charge in [0.2, 0.25) is 0 Å². The third-order valence-electron chi connectivity index (χ3n) is 5.11. The number of aliphatic imine (C=N–C) groups is 1. The molecule has 0 bridgehead atoms. The van der Waals surface area contributed by atoms with Crippen LogP contribution in [0.1, 0.15) is 36.6 Å². The van der Waals surface area contributed by atoms with Crippen molar-refractivity contribution in [1.29, 1.82) is 0 Å². The minimum Gasteiger partial charge on any atom is -0.393 e. The normalized spacial score (nSPS) is 15.8. The first kappa shape index (κ1) is 23.6. The molecule has 0 unspecified atom stereocenters. The molecule has 1 aromatic heterocycles. The molecule has 1 aliphatic heterocycles. The van der Waals surface area contributed by atoms with Crippen molar-refractivity contribution >= 4 is 29.9 Å². The molecule has 1 aliphatic rings. The van der Waals surface area contributed by atoms with Crippen molar-refractivity contribution in [2.75, 3.05) is 19.6 Å². The summed E-state index contributed by atoms with van der Waals surface area (Å²) in [4.78, 5) is 7.10. The van der Waals surface area contributed by atoms with Gasteiger partial charge in [-0.25, -0.2) is 4.99 Å². The lowest BCUT2D eigenvalue weighted by Gasteiger charge is -2.29. The highest BCUT2D eigenvalue weighted by Crippen LogP contribution is 2.14. The second kappa shape index (κ2) is 12.1. The second-order valence-corrected chi connectivity index (χ2v) is 7.32. The van der Waals surface area contributed by atoms with E-state index < -0.39 is 0 Å². The molecule has 1 aromatic carbocycles. The Morgan fingerprint density at radius 1 is 1.14 bits per heavy atom. The first-order chi connectivity index (χ1) is 13.6. The van der Waals surface area contributed by atoms with Crippen LogP contribution in [-0.4, -0.2) is 51.5 Å². The maximum atomic E-state index is 9.62. The van der Waals surface area contributed by atoms with Gasteiger partial charge >= 0.3 is 0 Å². The molecule has 0 spiro atoms. The van der Waals surface area contributed by atoms with Crippen LogP contribution in [0.3, 0.4) is 0 Å². The van der Waals surface area contributed by atoms with Gasteiger partial charge in [-0.05, 0) is 37.0 Å². The van der Waals surface area contributed by atoms with Gasteiger partial charge in [0.25, 0.3) is 0 Å². The zero-order valence-corrected chi connectivity index (χ0v) is 19.7. The summed E-state index contributed by atoms with van der Waals surface area (Å²) < 4.78 is 1.86. The number of likely N-dealkylation sites (tertiary alicyclic amines) is 1. The number of piperidine rings is 1. The number of aromatic nitrogens is 2. The predicted molar refractivity (Wildman–Crippen MR) is 127 cm³/mol. The van der Waals surface area contributed by atoms with Crippen LogP contribution in [0.4, 0.5) is 0 Å². The van der Waals surface area contributed by atoms with Gasteiger partial charge in [-0.1, -0.05) is 24.3 Å². The average molecular weight is 512 g/mol. The monoisotopic (exact) mass is 512 g/mol. The van der Waals surface area contributed by atoms with Crippen LogP contribution in [0.5, 0.6) is 0 Å². The van der Waals surface area contributed by atoms with Gasteiger partial charge < -0.3 is 15.7 Å². The average Bonchev–Trinajstić information content (AvgIpc) is 3.12. The number of halogens is 1. The van der Waals surface area contributed by atoms with Crippen molar-refractivity contribution in [3.63, 3.8) is 0 Å². The molecule has 8 heteroatoms. The van der Waals surface area contributed by atoms with Crippen molar-refractivity contribution in [2.24, 2.45) is 12.0 Å². The summed E-state index contributed by atoms with van der Waals surface area (Å²) in [7, 11) is 1.94. The van der Waals surface area contributed by atoms with E-state index in [-0.39, 0.29) is 30.1 Å². The quantitative estimate of drug-likeness (QED) is 0.302. The summed E-state index contributed by atoms with van der Waals surface area (Å²) in [5.74, 6) is 0.805. The maximum absolute atomic E-state index is 9.62. The molecule has 2 heterocycles. The van der Waals surface area contributed by atoms with Gasteiger partial charge in [-0.15, -0.1) is 24.0 Å². The van der Waals surface area contributed by atoms with Gasteiger partial charge in [0.1, 0.15) is 0 Å². The molecule has 1 saturated heterocycles. The van der Waals surface area contributed by atoms with E-state index in [0.717, 1.165) is 50.7 Å². The fraction of sp³-hybridized carbons (Fsp3) is 0.524. The number of aliphatic hydroxyl groups excluding tert-OH is 1. The van der Waals surface area contributed by atoms with Crippen molar-refractivity contribution in [1.82, 2.24) is 25.3 Å². The number of rotatable bonds is 7. The lowest BCUT2D eigenvalue weighted by atomic mass is 10.1. The molecule has 0 atom stereocenters. The second-order valence-electron chi connectivity index (χ2n) is 7.32. The zero-order valence-electron chi connectivity index (χ0n) is 17.3. The molecule has 2 aromatic rings. The lowest BCUT2D eigenvalue weighted by molar-refractivity contribution is 0.0792. The van der Waals surface area contributed by atoms with E-state index in [1.165, 1.54) is 11.1 Å². The standard InChI is InChI=1S/C21H32N6O.HI/c1-3-22-21(24-15-19-8-11-25-26(19)2)23-14-17-4-6-18(7-5-17)16-27-12-9-20(28)10-13-27;/h4-8,11,20,28H,3,9-10,12-16H2,1-2H3,(H2,22,23,24);1H. The summed E-state index contributed by atoms with van der Waals surface area (Å²) in [6, 6.07) is 10.7. The minimum absolute atomic E-state index is 0. The number of benzene rings is 1. The highest BCUT2D eigenvalue weighted by molar-refractivity contribution is 14.0. The van der Waals surface area contributed by atoms with E-state index in [1.54, 1.807) is 6.20 Å². The largest absolute Gasteiger partial charge is 0.393 e. The van der Waals surface area contributed by atoms with Crippen LogP contribution in [0.15, 0.2) is 41.5 Å². The van der Waals surface area contributed by atoms with Gasteiger partial charge in [0.05, 0.1) is 24.9 Å². The molecule has 1 fully saturated rings. The highest BCUT2D eigenvalue weighted by atomic mass is 127. The minimum atomic E-state index is -0.117. The molecular formula is C21H33IN6O. The SMILES string of the molecule is CCNC(=NCc1ccc(CN2CCC(O)CC2)cc1)NCc1ccnn1C.I. The number of nitrogens with zero attached hydrogens (tertiary/aromatic N) is 4. The molecule has 0 amide bonds. The van der Waals surface area contributed by atoms with Crippen LogP contribution >= 0.6 is 24.0 Å². The Hall–Kier alpha value is -1.65. The third kappa shape index (κ3) is 7.60. The van der Waals surface area contributed by atoms with E-state index in [4.69, 9.17) is 4.99 Å². The van der Waals surface area contributed by atoms with Crippen molar-refractivity contribution in [3.8, 4) is 0 Å². The first-order valence-corrected chi connectivity index (χ1v) is 10.1. The smallest absolute Gasteiger partial charge is 0.191 e. The van der Waals surface area contributed by atoms with Crippen LogP contribution in [0.2, 0.25) is 0 Å². The van der Waals surface area contributed by atoms with Gasteiger partial charge in [0, 0.05) is 39.4 Å². The van der Waals surface area contributed by atoms with Crippen LogP contribution in [-0.2, 0) is 26.7 Å². The molecule has 0 aliphatic carbocycles. The Labute approximate surface area is 190 Å². The molecule has 29 heavy (non-hydrogen) atoms. The molecule has 0 saturated carbocycles. The highest BCUT2D eigenvalue weighted by Gasteiger charge is 2.16. The number of hydrogen-bond donors (Lipinski definition) is 3. The fourth-order valence-electron chi connectivity index (χ4n) is 3.35. The zero-order chi connectivity index (χ0) is 19.8. The Kier molecular flexibility index (Phi) is 9.89. The molecular weight excluding hydrogens is 479 g/mol. The number of hydrogen-bond acceptors (Lipinski definition) is 4. The molecule has 0 radical (unpaired) electrons. The Morgan fingerprint density at radius 2 is 1.83 bits per heavy atom. The summed E-state index contributed by atoms with van der Waals surface area (Å²) in [6.07, 6.45) is 3.45. The Morgan fingerprint density at radius 3 is 2.45 bits per heavy atom. The van der Waals surface area contributed by atoms with Crippen molar-refractivity contribution in [3.05, 3.63) is 53.3 Å². The molecule has 160 valence electrons. The Bertz CT molecular complexity index is 753. The molecule has 3 N–H and O–H groups in total. The van der Waals surface area contributed by atoms with E-state index in [9.17, 15) is 5.11 Å². The summed E-state index contributed by atoms with van der Waals surface area (Å²) >= 11 is 0. The number of nitrogens with one attached hydrogen (secondary N) is 2. The predicted octanol–water partition coefficient (Wildman–Crippen LogP) is 2.25. The maximum Gasteiger partial charge on any atom is 0.191 e. The first-order valence-electron chi connectivity index (χ1n) is 10.1. The summed E-state index contributed by atoms with van der Waals surface area (Å²) in [5.41, 5.74) is 3.61. The lowest BCUT2D eigenvalue weighted by Crippen LogP contribution is -2.37. The van der Waals surface area contributed by atoms with E-state index >= 15 is 0 Å². The van der Waals surface area contributed by atoms with Crippen molar-refractivity contribution in [2.45, 2.75) is 45.5 Å². The van der Waals surface area contributed by atoms with E-state index in [0.29, 0.717) is 13.1 Å². The van der Waals surface area contributed by atoms with Crippen LogP contribution in [0, 0.1) is 0 Å². The fourth-order valence-corrected chi connectivity index (χ4v) is 3.35. The van der Waals surface area contributed by atoms with Crippen LogP contribution < -0.4 is 10.6 Å². The van der Waals surface area contributed by atoms with Gasteiger partial charge in [0.15, 0.2) is 5.96 Å².